The minimum absolute atomic E-state index is 0.244. The fourth-order valence-corrected chi connectivity index (χ4v) is 2.38. The maximum absolute atomic E-state index is 9.91. The Hall–Kier alpha value is -0.900. The largest absolute Gasteiger partial charge is 0.389 e. The van der Waals surface area contributed by atoms with Gasteiger partial charge in [0, 0.05) is 19.2 Å². The summed E-state index contributed by atoms with van der Waals surface area (Å²) in [6.07, 6.45) is 2.15. The number of aliphatic hydroxyl groups excluding tert-OH is 1. The van der Waals surface area contributed by atoms with Crippen LogP contribution in [0.5, 0.6) is 0 Å². The smallest absolute Gasteiger partial charge is 0.0897 e. The number of hydrogen-bond acceptors (Lipinski definition) is 3. The van der Waals surface area contributed by atoms with E-state index in [1.54, 1.807) is 0 Å². The van der Waals surface area contributed by atoms with E-state index in [0.717, 1.165) is 12.5 Å². The Balaban J connectivity index is 1.72. The molecule has 1 fully saturated rings. The molecule has 112 valence electrons. The molecule has 2 atom stereocenters. The fourth-order valence-electron chi connectivity index (χ4n) is 2.38. The molecule has 1 aliphatic carbocycles. The number of benzene rings is 1. The third-order valence-electron chi connectivity index (χ3n) is 4.13. The van der Waals surface area contributed by atoms with Crippen molar-refractivity contribution in [3.05, 3.63) is 34.9 Å². The summed E-state index contributed by atoms with van der Waals surface area (Å²) in [5, 5.41) is 13.3. The highest BCUT2D eigenvalue weighted by Crippen LogP contribution is 2.28. The van der Waals surface area contributed by atoms with Gasteiger partial charge >= 0.3 is 0 Å². The van der Waals surface area contributed by atoms with E-state index >= 15 is 0 Å². The van der Waals surface area contributed by atoms with E-state index in [1.165, 1.54) is 29.5 Å². The highest BCUT2D eigenvalue weighted by atomic mass is 16.5. The fraction of sp³-hybridized carbons (Fsp3) is 0.647. The minimum atomic E-state index is -0.429. The van der Waals surface area contributed by atoms with E-state index in [2.05, 4.69) is 44.3 Å². The van der Waals surface area contributed by atoms with Crippen molar-refractivity contribution in [2.45, 2.75) is 45.8 Å². The number of aliphatic hydroxyl groups is 1. The lowest BCUT2D eigenvalue weighted by Crippen LogP contribution is -2.32. The third-order valence-corrected chi connectivity index (χ3v) is 4.13. The molecule has 3 nitrogen and oxygen atoms in total. The Kier molecular flexibility index (Phi) is 5.58. The molecule has 0 heterocycles. The van der Waals surface area contributed by atoms with Gasteiger partial charge in [0.2, 0.25) is 0 Å². The van der Waals surface area contributed by atoms with Gasteiger partial charge in [-0.2, -0.15) is 0 Å². The zero-order valence-corrected chi connectivity index (χ0v) is 12.9. The molecule has 1 aliphatic rings. The minimum Gasteiger partial charge on any atom is -0.389 e. The predicted octanol–water partition coefficient (Wildman–Crippen LogP) is 2.74. The van der Waals surface area contributed by atoms with Gasteiger partial charge in [0.25, 0.3) is 0 Å². The molecular formula is C17H27NO2. The van der Waals surface area contributed by atoms with Crippen LogP contribution in [0.15, 0.2) is 18.2 Å². The molecule has 0 bridgehead atoms. The van der Waals surface area contributed by atoms with Crippen molar-refractivity contribution in [2.24, 2.45) is 5.92 Å². The van der Waals surface area contributed by atoms with E-state index in [0.29, 0.717) is 13.2 Å². The Morgan fingerprint density at radius 2 is 2.10 bits per heavy atom. The Bertz CT molecular complexity index is 429. The molecule has 20 heavy (non-hydrogen) atoms. The zero-order valence-electron chi connectivity index (χ0n) is 12.9. The maximum Gasteiger partial charge on any atom is 0.0897 e. The van der Waals surface area contributed by atoms with Gasteiger partial charge in [-0.15, -0.1) is 0 Å². The summed E-state index contributed by atoms with van der Waals surface area (Å²) in [6, 6.07) is 6.61. The van der Waals surface area contributed by atoms with Crippen LogP contribution in [0.2, 0.25) is 0 Å². The second kappa shape index (κ2) is 7.21. The van der Waals surface area contributed by atoms with Crippen molar-refractivity contribution in [3.8, 4) is 0 Å². The lowest BCUT2D eigenvalue weighted by Gasteiger charge is -2.20. The van der Waals surface area contributed by atoms with Crippen LogP contribution in [0.4, 0.5) is 0 Å². The second-order valence-corrected chi connectivity index (χ2v) is 6.05. The molecule has 2 unspecified atom stereocenters. The monoisotopic (exact) mass is 277 g/mol. The van der Waals surface area contributed by atoms with Crippen molar-refractivity contribution in [2.75, 3.05) is 19.8 Å². The SMILES string of the molecule is Cc1cccc(C(C)NCC(O)COCC2CC2)c1C. The molecule has 0 spiro atoms. The number of nitrogens with one attached hydrogen (secondary N) is 1. The molecule has 1 aromatic rings. The van der Waals surface area contributed by atoms with Crippen LogP contribution in [0.25, 0.3) is 0 Å². The molecule has 0 radical (unpaired) electrons. The molecule has 1 saturated carbocycles. The predicted molar refractivity (Wildman–Crippen MR) is 81.9 cm³/mol. The summed E-state index contributed by atoms with van der Waals surface area (Å²) in [4.78, 5) is 0. The quantitative estimate of drug-likeness (QED) is 0.767. The molecule has 1 aromatic carbocycles. The topological polar surface area (TPSA) is 41.5 Å². The molecule has 0 amide bonds. The molecule has 2 N–H and O–H groups in total. The van der Waals surface area contributed by atoms with Crippen LogP contribution < -0.4 is 5.32 Å². The van der Waals surface area contributed by atoms with E-state index in [1.807, 2.05) is 0 Å². The Labute approximate surface area is 122 Å². The van der Waals surface area contributed by atoms with Crippen LogP contribution in [0.3, 0.4) is 0 Å². The first kappa shape index (κ1) is 15.5. The van der Waals surface area contributed by atoms with E-state index in [-0.39, 0.29) is 6.04 Å². The molecular weight excluding hydrogens is 250 g/mol. The highest BCUT2D eigenvalue weighted by molar-refractivity contribution is 5.34. The Morgan fingerprint density at radius 3 is 2.80 bits per heavy atom. The van der Waals surface area contributed by atoms with Crippen LogP contribution in [-0.2, 0) is 4.74 Å². The molecule has 3 heteroatoms. The average molecular weight is 277 g/mol. The Morgan fingerprint density at radius 1 is 1.35 bits per heavy atom. The van der Waals surface area contributed by atoms with Crippen LogP contribution >= 0.6 is 0 Å². The van der Waals surface area contributed by atoms with Gasteiger partial charge in [0.15, 0.2) is 0 Å². The van der Waals surface area contributed by atoms with Gasteiger partial charge in [-0.1, -0.05) is 18.2 Å². The van der Waals surface area contributed by atoms with Crippen LogP contribution in [0, 0.1) is 19.8 Å². The van der Waals surface area contributed by atoms with Crippen LogP contribution in [-0.4, -0.2) is 31.0 Å². The van der Waals surface area contributed by atoms with Gasteiger partial charge in [-0.05, 0) is 56.2 Å². The van der Waals surface area contributed by atoms with Crippen molar-refractivity contribution < 1.29 is 9.84 Å². The van der Waals surface area contributed by atoms with Gasteiger partial charge in [0.1, 0.15) is 0 Å². The second-order valence-electron chi connectivity index (χ2n) is 6.05. The van der Waals surface area contributed by atoms with Gasteiger partial charge in [-0.25, -0.2) is 0 Å². The summed E-state index contributed by atoms with van der Waals surface area (Å²) in [5.41, 5.74) is 3.94. The van der Waals surface area contributed by atoms with Gasteiger partial charge < -0.3 is 15.2 Å². The summed E-state index contributed by atoms with van der Waals surface area (Å²) in [7, 11) is 0. The summed E-state index contributed by atoms with van der Waals surface area (Å²) < 4.78 is 5.51. The van der Waals surface area contributed by atoms with Crippen molar-refractivity contribution >= 4 is 0 Å². The number of rotatable bonds is 8. The van der Waals surface area contributed by atoms with Gasteiger partial charge in [-0.3, -0.25) is 0 Å². The average Bonchev–Trinajstić information content (AvgIpc) is 3.23. The normalized spacial score (nSPS) is 18.0. The molecule has 0 saturated heterocycles. The number of ether oxygens (including phenoxy) is 1. The molecule has 0 aromatic heterocycles. The van der Waals surface area contributed by atoms with Crippen molar-refractivity contribution in [3.63, 3.8) is 0 Å². The first-order chi connectivity index (χ1) is 9.58. The summed E-state index contributed by atoms with van der Waals surface area (Å²) >= 11 is 0. The lowest BCUT2D eigenvalue weighted by atomic mass is 9.98. The van der Waals surface area contributed by atoms with Crippen molar-refractivity contribution in [1.82, 2.24) is 5.32 Å². The standard InChI is InChI=1S/C17H27NO2/c1-12-5-4-6-17(13(12)2)14(3)18-9-16(19)11-20-10-15-7-8-15/h4-6,14-16,18-19H,7-11H2,1-3H3. The lowest BCUT2D eigenvalue weighted by molar-refractivity contribution is 0.0315. The molecule has 0 aliphatic heterocycles. The zero-order chi connectivity index (χ0) is 14.5. The molecule has 2 rings (SSSR count). The van der Waals surface area contributed by atoms with E-state index < -0.39 is 6.10 Å². The number of hydrogen-bond donors (Lipinski definition) is 2. The van der Waals surface area contributed by atoms with Gasteiger partial charge in [0.05, 0.1) is 12.7 Å². The third kappa shape index (κ3) is 4.58. The highest BCUT2D eigenvalue weighted by Gasteiger charge is 2.21. The van der Waals surface area contributed by atoms with Crippen LogP contribution in [0.1, 0.15) is 42.5 Å². The first-order valence-corrected chi connectivity index (χ1v) is 7.63. The summed E-state index contributed by atoms with van der Waals surface area (Å²) in [5.74, 6) is 0.754. The van der Waals surface area contributed by atoms with E-state index in [9.17, 15) is 5.11 Å². The number of aryl methyl sites for hydroxylation is 1. The maximum atomic E-state index is 9.91. The van der Waals surface area contributed by atoms with Crippen molar-refractivity contribution in [1.29, 1.82) is 0 Å². The summed E-state index contributed by atoms with van der Waals surface area (Å²) in [6.45, 7) is 8.23. The first-order valence-electron chi connectivity index (χ1n) is 7.63. The van der Waals surface area contributed by atoms with E-state index in [4.69, 9.17) is 4.74 Å².